The maximum absolute atomic E-state index is 12.7. The molecule has 156 valence electrons. The summed E-state index contributed by atoms with van der Waals surface area (Å²) >= 11 is 0. The van der Waals surface area contributed by atoms with Gasteiger partial charge in [0.2, 0.25) is 5.89 Å². The van der Waals surface area contributed by atoms with Crippen molar-refractivity contribution >= 4 is 22.7 Å². The average molecular weight is 418 g/mol. The molecule has 0 spiro atoms. The number of hydrogen-bond donors (Lipinski definition) is 1. The van der Waals surface area contributed by atoms with Gasteiger partial charge in [-0.25, -0.2) is 4.98 Å². The summed E-state index contributed by atoms with van der Waals surface area (Å²) in [7, 11) is 0. The number of nitrogens with zero attached hydrogens (tertiary/aromatic N) is 1. The minimum absolute atomic E-state index is 0.164. The fraction of sp³-hybridized carbons (Fsp3) is 0.0714. The van der Waals surface area contributed by atoms with Crippen LogP contribution in [-0.2, 0) is 6.42 Å². The van der Waals surface area contributed by atoms with Crippen molar-refractivity contribution in [1.29, 1.82) is 0 Å². The van der Waals surface area contributed by atoms with Crippen molar-refractivity contribution in [1.82, 2.24) is 4.98 Å². The van der Waals surface area contributed by atoms with Gasteiger partial charge in [-0.3, -0.25) is 4.79 Å². The lowest BCUT2D eigenvalue weighted by Gasteiger charge is -2.06. The van der Waals surface area contributed by atoms with E-state index in [0.29, 0.717) is 28.2 Å². The molecule has 1 N–H and O–H groups in total. The second-order valence-corrected chi connectivity index (χ2v) is 7.65. The zero-order valence-electron chi connectivity index (χ0n) is 17.7. The SMILES string of the molecule is CCc1ccc(-c2nc3cc(NC(=O)c4ccc(-c5ccccc5)cc4)ccc3o2)cc1. The van der Waals surface area contributed by atoms with E-state index >= 15 is 0 Å². The molecule has 1 amide bonds. The van der Waals surface area contributed by atoms with E-state index in [2.05, 4.69) is 41.5 Å². The van der Waals surface area contributed by atoms with Crippen LogP contribution in [0.15, 0.2) is 101 Å². The monoisotopic (exact) mass is 418 g/mol. The van der Waals surface area contributed by atoms with E-state index in [9.17, 15) is 4.79 Å². The van der Waals surface area contributed by atoms with Gasteiger partial charge in [0, 0.05) is 16.8 Å². The van der Waals surface area contributed by atoms with Gasteiger partial charge in [-0.2, -0.15) is 0 Å². The number of aromatic nitrogens is 1. The highest BCUT2D eigenvalue weighted by molar-refractivity contribution is 6.05. The molecule has 0 aliphatic carbocycles. The van der Waals surface area contributed by atoms with Crippen LogP contribution in [0.4, 0.5) is 5.69 Å². The van der Waals surface area contributed by atoms with Gasteiger partial charge >= 0.3 is 0 Å². The number of anilines is 1. The first-order chi connectivity index (χ1) is 15.7. The number of nitrogens with one attached hydrogen (secondary N) is 1. The van der Waals surface area contributed by atoms with Crippen LogP contribution in [0.25, 0.3) is 33.7 Å². The Balaban J connectivity index is 1.34. The van der Waals surface area contributed by atoms with E-state index < -0.39 is 0 Å². The fourth-order valence-electron chi connectivity index (χ4n) is 3.66. The molecule has 1 heterocycles. The molecule has 0 saturated carbocycles. The molecule has 0 aliphatic rings. The van der Waals surface area contributed by atoms with Gasteiger partial charge in [-0.05, 0) is 65.6 Å². The number of benzene rings is 4. The first-order valence-corrected chi connectivity index (χ1v) is 10.7. The molecule has 0 atom stereocenters. The molecule has 0 unspecified atom stereocenters. The molecule has 32 heavy (non-hydrogen) atoms. The standard InChI is InChI=1S/C28H22N2O2/c1-2-19-8-10-23(11-9-19)28-30-25-18-24(16-17-26(25)32-28)29-27(31)22-14-12-21(13-15-22)20-6-4-3-5-7-20/h3-18H,2H2,1H3,(H,29,31). The van der Waals surface area contributed by atoms with Crippen molar-refractivity contribution in [3.8, 4) is 22.6 Å². The highest BCUT2D eigenvalue weighted by atomic mass is 16.3. The topological polar surface area (TPSA) is 55.1 Å². The number of hydrogen-bond acceptors (Lipinski definition) is 3. The summed E-state index contributed by atoms with van der Waals surface area (Å²) in [5.41, 5.74) is 7.06. The van der Waals surface area contributed by atoms with E-state index in [4.69, 9.17) is 4.42 Å². The second kappa shape index (κ2) is 8.52. The summed E-state index contributed by atoms with van der Waals surface area (Å²) in [6.45, 7) is 2.13. The quantitative estimate of drug-likeness (QED) is 0.335. The molecule has 0 radical (unpaired) electrons. The molecular formula is C28H22N2O2. The number of carbonyl (C=O) groups is 1. The van der Waals surface area contributed by atoms with Crippen LogP contribution in [0.2, 0.25) is 0 Å². The number of amides is 1. The Morgan fingerprint density at radius 3 is 2.22 bits per heavy atom. The van der Waals surface area contributed by atoms with Crippen molar-refractivity contribution in [2.45, 2.75) is 13.3 Å². The van der Waals surface area contributed by atoms with Gasteiger partial charge in [0.05, 0.1) is 0 Å². The average Bonchev–Trinajstić information content (AvgIpc) is 3.28. The number of oxazole rings is 1. The highest BCUT2D eigenvalue weighted by Gasteiger charge is 2.11. The summed E-state index contributed by atoms with van der Waals surface area (Å²) in [6.07, 6.45) is 0.992. The molecule has 0 bridgehead atoms. The maximum atomic E-state index is 12.7. The van der Waals surface area contributed by atoms with Crippen molar-refractivity contribution in [2.24, 2.45) is 0 Å². The van der Waals surface area contributed by atoms with E-state index in [1.807, 2.05) is 72.8 Å². The molecule has 4 nitrogen and oxygen atoms in total. The fourth-order valence-corrected chi connectivity index (χ4v) is 3.66. The molecule has 0 fully saturated rings. The van der Waals surface area contributed by atoms with Crippen LogP contribution in [0.1, 0.15) is 22.8 Å². The zero-order chi connectivity index (χ0) is 21.9. The lowest BCUT2D eigenvalue weighted by Crippen LogP contribution is -2.11. The van der Waals surface area contributed by atoms with Gasteiger partial charge in [0.15, 0.2) is 5.58 Å². The van der Waals surface area contributed by atoms with Crippen LogP contribution in [-0.4, -0.2) is 10.9 Å². The maximum Gasteiger partial charge on any atom is 0.255 e. The summed E-state index contributed by atoms with van der Waals surface area (Å²) in [4.78, 5) is 17.3. The van der Waals surface area contributed by atoms with E-state index in [1.54, 1.807) is 0 Å². The zero-order valence-corrected chi connectivity index (χ0v) is 17.7. The minimum Gasteiger partial charge on any atom is -0.436 e. The molecule has 4 heteroatoms. The highest BCUT2D eigenvalue weighted by Crippen LogP contribution is 2.27. The summed E-state index contributed by atoms with van der Waals surface area (Å²) in [6, 6.07) is 31.4. The van der Waals surface area contributed by atoms with Crippen LogP contribution in [0.5, 0.6) is 0 Å². The second-order valence-electron chi connectivity index (χ2n) is 7.65. The Morgan fingerprint density at radius 2 is 1.50 bits per heavy atom. The summed E-state index contributed by atoms with van der Waals surface area (Å²) in [5.74, 6) is 0.408. The lowest BCUT2D eigenvalue weighted by molar-refractivity contribution is 0.102. The predicted molar refractivity (Wildman–Crippen MR) is 129 cm³/mol. The predicted octanol–water partition coefficient (Wildman–Crippen LogP) is 6.98. The Labute approximate surface area is 186 Å². The van der Waals surface area contributed by atoms with Gasteiger partial charge in [0.1, 0.15) is 5.52 Å². The number of aryl methyl sites for hydroxylation is 1. The number of fused-ring (bicyclic) bond motifs is 1. The van der Waals surface area contributed by atoms with Crippen molar-refractivity contribution in [2.75, 3.05) is 5.32 Å². The van der Waals surface area contributed by atoms with E-state index in [-0.39, 0.29) is 5.91 Å². The number of carbonyl (C=O) groups excluding carboxylic acids is 1. The molecule has 1 aromatic heterocycles. The van der Waals surface area contributed by atoms with Gasteiger partial charge in [0.25, 0.3) is 5.91 Å². The van der Waals surface area contributed by atoms with Crippen molar-refractivity contribution < 1.29 is 9.21 Å². The third-order valence-corrected chi connectivity index (χ3v) is 5.51. The van der Waals surface area contributed by atoms with Crippen LogP contribution < -0.4 is 5.32 Å². The van der Waals surface area contributed by atoms with Crippen LogP contribution in [0, 0.1) is 0 Å². The molecule has 0 saturated heterocycles. The number of rotatable bonds is 5. The summed E-state index contributed by atoms with van der Waals surface area (Å²) in [5, 5.41) is 2.95. The van der Waals surface area contributed by atoms with Gasteiger partial charge < -0.3 is 9.73 Å². The third kappa shape index (κ3) is 4.03. The Morgan fingerprint density at radius 1 is 0.812 bits per heavy atom. The Kier molecular flexibility index (Phi) is 5.26. The molecule has 4 aromatic carbocycles. The lowest BCUT2D eigenvalue weighted by atomic mass is 10.0. The molecule has 5 aromatic rings. The van der Waals surface area contributed by atoms with E-state index in [0.717, 1.165) is 23.1 Å². The Bertz CT molecular complexity index is 1370. The minimum atomic E-state index is -0.164. The normalized spacial score (nSPS) is 10.9. The van der Waals surface area contributed by atoms with Crippen LogP contribution >= 0.6 is 0 Å². The van der Waals surface area contributed by atoms with Gasteiger partial charge in [-0.1, -0.05) is 61.5 Å². The molecule has 0 aliphatic heterocycles. The smallest absolute Gasteiger partial charge is 0.255 e. The Hall–Kier alpha value is -4.18. The summed E-state index contributed by atoms with van der Waals surface area (Å²) < 4.78 is 5.90. The molecular weight excluding hydrogens is 396 g/mol. The van der Waals surface area contributed by atoms with E-state index in [1.165, 1.54) is 5.56 Å². The molecule has 5 rings (SSSR count). The largest absolute Gasteiger partial charge is 0.436 e. The van der Waals surface area contributed by atoms with Gasteiger partial charge in [-0.15, -0.1) is 0 Å². The first kappa shape index (κ1) is 19.8. The van der Waals surface area contributed by atoms with Crippen molar-refractivity contribution in [3.05, 3.63) is 108 Å². The van der Waals surface area contributed by atoms with Crippen LogP contribution in [0.3, 0.4) is 0 Å². The first-order valence-electron chi connectivity index (χ1n) is 10.7. The third-order valence-electron chi connectivity index (χ3n) is 5.51. The van der Waals surface area contributed by atoms with Crippen molar-refractivity contribution in [3.63, 3.8) is 0 Å².